The number of sulfonamides is 1. The third-order valence-corrected chi connectivity index (χ3v) is 5.80. The Balaban J connectivity index is 2.46. The zero-order valence-corrected chi connectivity index (χ0v) is 13.5. The van der Waals surface area contributed by atoms with Gasteiger partial charge in [-0.25, -0.2) is 12.8 Å². The minimum absolute atomic E-state index is 0.00824. The van der Waals surface area contributed by atoms with Crippen molar-refractivity contribution in [3.8, 4) is 0 Å². The molecule has 0 fully saturated rings. The van der Waals surface area contributed by atoms with E-state index in [1.807, 2.05) is 0 Å². The van der Waals surface area contributed by atoms with Gasteiger partial charge in [0, 0.05) is 24.4 Å². The van der Waals surface area contributed by atoms with Gasteiger partial charge in [-0.2, -0.15) is 0 Å². The maximum atomic E-state index is 12.8. The molecule has 7 heteroatoms. The largest absolute Gasteiger partial charge is 0.294 e. The number of fused-ring (bicyclic) bond motifs is 2. The zero-order valence-electron chi connectivity index (χ0n) is 11.9. The lowest BCUT2D eigenvalue weighted by Crippen LogP contribution is -2.25. The number of anilines is 3. The van der Waals surface area contributed by atoms with Crippen molar-refractivity contribution in [2.75, 3.05) is 15.8 Å². The highest BCUT2D eigenvalue weighted by atomic mass is 35.5. The van der Waals surface area contributed by atoms with Crippen LogP contribution in [-0.2, 0) is 10.0 Å². The molecular weight excluding hydrogens is 324 g/mol. The van der Waals surface area contributed by atoms with Gasteiger partial charge in [-0.3, -0.25) is 9.10 Å². The first-order valence-electron chi connectivity index (χ1n) is 6.53. The Morgan fingerprint density at radius 1 is 1.05 bits per heavy atom. The molecule has 0 aliphatic carbocycles. The van der Waals surface area contributed by atoms with E-state index in [4.69, 9.17) is 11.8 Å². The normalized spacial score (nSPS) is 15.8. The Labute approximate surface area is 133 Å². The van der Waals surface area contributed by atoms with Crippen LogP contribution >= 0.6 is 11.8 Å². The number of nitrogens with zero attached hydrogens (tertiary/aromatic N) is 2. The van der Waals surface area contributed by atoms with Crippen LogP contribution in [0.25, 0.3) is 0 Å². The van der Waals surface area contributed by atoms with E-state index < -0.39 is 10.0 Å². The molecule has 0 amide bonds. The number of benzene rings is 2. The van der Waals surface area contributed by atoms with E-state index in [-0.39, 0.29) is 21.9 Å². The number of carbonyl (C=O) groups excluding carboxylic acids is 1. The number of carbonyl (C=O) groups is 1. The van der Waals surface area contributed by atoms with Gasteiger partial charge in [-0.15, -0.1) is 0 Å². The number of halogens is 1. The van der Waals surface area contributed by atoms with Crippen LogP contribution in [0.1, 0.15) is 17.3 Å². The molecule has 0 spiro atoms. The number of Topliss-reactive ketones (excluding diaryl/α,β-unsaturated/α-hetero) is 1. The van der Waals surface area contributed by atoms with Gasteiger partial charge in [0.15, 0.2) is 5.78 Å². The fourth-order valence-corrected chi connectivity index (χ4v) is 4.29. The average molecular weight is 337 g/mol. The van der Waals surface area contributed by atoms with Crippen molar-refractivity contribution in [2.24, 2.45) is 0 Å². The monoisotopic (exact) mass is 336 g/mol. The van der Waals surface area contributed by atoms with Gasteiger partial charge in [0.05, 0.1) is 17.1 Å². The van der Waals surface area contributed by atoms with Crippen LogP contribution in [0.4, 0.5) is 17.1 Å². The van der Waals surface area contributed by atoms with E-state index in [0.29, 0.717) is 11.4 Å². The topological polar surface area (TPSA) is 57.7 Å². The second kappa shape index (κ2) is 5.00. The third kappa shape index (κ3) is 1.99. The molecule has 1 heterocycles. The van der Waals surface area contributed by atoms with Crippen LogP contribution in [0, 0.1) is 0 Å². The van der Waals surface area contributed by atoms with Gasteiger partial charge in [0.25, 0.3) is 10.0 Å². The van der Waals surface area contributed by atoms with Gasteiger partial charge < -0.3 is 0 Å². The predicted molar refractivity (Wildman–Crippen MR) is 86.5 cm³/mol. The first kappa shape index (κ1) is 14.9. The lowest BCUT2D eigenvalue weighted by atomic mass is 10.1. The highest BCUT2D eigenvalue weighted by Gasteiger charge is 2.35. The van der Waals surface area contributed by atoms with Crippen molar-refractivity contribution in [1.82, 2.24) is 0 Å². The summed E-state index contributed by atoms with van der Waals surface area (Å²) in [6.07, 6.45) is 0. The summed E-state index contributed by atoms with van der Waals surface area (Å²) in [6, 6.07) is 11.4. The third-order valence-electron chi connectivity index (χ3n) is 3.65. The molecule has 3 rings (SSSR count). The van der Waals surface area contributed by atoms with Crippen molar-refractivity contribution in [2.45, 2.75) is 11.8 Å². The Morgan fingerprint density at radius 2 is 1.68 bits per heavy atom. The first-order chi connectivity index (χ1) is 10.4. The van der Waals surface area contributed by atoms with Crippen molar-refractivity contribution in [1.29, 1.82) is 0 Å². The molecule has 0 saturated heterocycles. The minimum atomic E-state index is -3.80. The van der Waals surface area contributed by atoms with Gasteiger partial charge >= 0.3 is 0 Å². The Kier molecular flexibility index (Phi) is 3.38. The average Bonchev–Trinajstić information content (AvgIpc) is 2.57. The van der Waals surface area contributed by atoms with Crippen molar-refractivity contribution in [3.05, 3.63) is 48.0 Å². The van der Waals surface area contributed by atoms with E-state index in [1.54, 1.807) is 36.4 Å². The fraction of sp³-hybridized carbons (Fsp3) is 0.133. The smallest absolute Gasteiger partial charge is 0.266 e. The number of hydrogen-bond donors (Lipinski definition) is 0. The molecule has 114 valence electrons. The van der Waals surface area contributed by atoms with Crippen LogP contribution in [0.5, 0.6) is 0 Å². The highest BCUT2D eigenvalue weighted by molar-refractivity contribution is 7.93. The summed E-state index contributed by atoms with van der Waals surface area (Å²) in [5.74, 6) is -0.250. The molecule has 5 nitrogen and oxygen atoms in total. The van der Waals surface area contributed by atoms with E-state index >= 15 is 0 Å². The summed E-state index contributed by atoms with van der Waals surface area (Å²) in [4.78, 5) is 11.9. The van der Waals surface area contributed by atoms with E-state index in [2.05, 4.69) is 0 Å². The molecule has 0 aromatic heterocycles. The summed E-state index contributed by atoms with van der Waals surface area (Å²) in [5, 5.41) is 0. The molecule has 0 atom stereocenters. The molecule has 0 unspecified atom stereocenters. The van der Waals surface area contributed by atoms with E-state index in [0.717, 1.165) is 0 Å². The molecule has 1 aliphatic rings. The second-order valence-corrected chi connectivity index (χ2v) is 7.23. The Hall–Kier alpha value is -2.05. The van der Waals surface area contributed by atoms with Crippen LogP contribution in [0.2, 0.25) is 0 Å². The second-order valence-electron chi connectivity index (χ2n) is 4.95. The van der Waals surface area contributed by atoms with Crippen molar-refractivity contribution < 1.29 is 13.2 Å². The van der Waals surface area contributed by atoms with Crippen molar-refractivity contribution in [3.63, 3.8) is 0 Å². The van der Waals surface area contributed by atoms with E-state index in [1.165, 1.54) is 28.8 Å². The zero-order chi connectivity index (χ0) is 16.1. The summed E-state index contributed by atoms with van der Waals surface area (Å²) >= 11 is 6.41. The van der Waals surface area contributed by atoms with Crippen molar-refractivity contribution >= 4 is 44.6 Å². The van der Waals surface area contributed by atoms with E-state index in [9.17, 15) is 13.2 Å². The lowest BCUT2D eigenvalue weighted by Gasteiger charge is -2.20. The number of hydrogen-bond acceptors (Lipinski definition) is 4. The number of ketones is 1. The van der Waals surface area contributed by atoms with Gasteiger partial charge in [-0.1, -0.05) is 18.2 Å². The van der Waals surface area contributed by atoms with Gasteiger partial charge in [-0.05, 0) is 31.2 Å². The molecule has 2 aromatic carbocycles. The number of rotatable bonds is 1. The highest BCUT2D eigenvalue weighted by Crippen LogP contribution is 2.45. The standard InChI is InChI=1S/C15H13ClN2O3S/c1-10(19)11-6-5-9-14-15(11)18(16)13-8-4-3-7-12(13)17(2)22(14,20)21/h3-9H,1-2H3. The first-order valence-corrected chi connectivity index (χ1v) is 8.31. The molecule has 22 heavy (non-hydrogen) atoms. The Morgan fingerprint density at radius 3 is 2.32 bits per heavy atom. The molecular formula is C15H13ClN2O3S. The fourth-order valence-electron chi connectivity index (χ4n) is 2.51. The minimum Gasteiger partial charge on any atom is -0.294 e. The summed E-state index contributed by atoms with van der Waals surface area (Å²) in [7, 11) is -2.34. The molecule has 0 N–H and O–H groups in total. The molecule has 0 radical (unpaired) electrons. The molecule has 1 aliphatic heterocycles. The molecule has 0 saturated carbocycles. The van der Waals surface area contributed by atoms with Crippen LogP contribution in [0.15, 0.2) is 47.4 Å². The maximum absolute atomic E-state index is 12.8. The summed E-state index contributed by atoms with van der Waals surface area (Å²) in [6.45, 7) is 1.38. The van der Waals surface area contributed by atoms with Crippen LogP contribution < -0.4 is 8.72 Å². The summed E-state index contributed by atoms with van der Waals surface area (Å²) < 4.78 is 28.1. The summed E-state index contributed by atoms with van der Waals surface area (Å²) in [5.41, 5.74) is 1.40. The SMILES string of the molecule is CC(=O)c1cccc2c1N(Cl)c1ccccc1N(C)S2(=O)=O. The van der Waals surface area contributed by atoms with Crippen LogP contribution in [-0.4, -0.2) is 21.2 Å². The Bertz CT molecular complexity index is 880. The van der Waals surface area contributed by atoms with Crippen LogP contribution in [0.3, 0.4) is 0 Å². The number of para-hydroxylation sites is 3. The predicted octanol–water partition coefficient (Wildman–Crippen LogP) is 3.32. The van der Waals surface area contributed by atoms with Gasteiger partial charge in [0.1, 0.15) is 4.90 Å². The molecule has 0 bridgehead atoms. The molecule has 2 aromatic rings. The lowest BCUT2D eigenvalue weighted by molar-refractivity contribution is 0.101. The maximum Gasteiger partial charge on any atom is 0.266 e. The van der Waals surface area contributed by atoms with Gasteiger partial charge in [0.2, 0.25) is 0 Å². The quantitative estimate of drug-likeness (QED) is 0.592.